The standard InChI is InChI=1S/C18H22N4O5S/c1-12-11-28-17(19-12)10-20-4-6-21(7-5-20)18(23)13-8-15(26-2)16(27-3)9-14(13)22(24)25/h8-9,11H,4-7,10H2,1-3H3. The van der Waals surface area contributed by atoms with Gasteiger partial charge >= 0.3 is 0 Å². The van der Waals surface area contributed by atoms with Crippen molar-refractivity contribution in [2.45, 2.75) is 13.5 Å². The van der Waals surface area contributed by atoms with Gasteiger partial charge < -0.3 is 14.4 Å². The average molecular weight is 406 g/mol. The molecule has 0 atom stereocenters. The third-order valence-electron chi connectivity index (χ3n) is 4.61. The number of nitro groups is 1. The van der Waals surface area contributed by atoms with Gasteiger partial charge in [-0.3, -0.25) is 19.8 Å². The molecule has 1 fully saturated rings. The first kappa shape index (κ1) is 20.0. The summed E-state index contributed by atoms with van der Waals surface area (Å²) < 4.78 is 10.3. The van der Waals surface area contributed by atoms with E-state index in [-0.39, 0.29) is 28.7 Å². The van der Waals surface area contributed by atoms with Crippen LogP contribution in [0.3, 0.4) is 0 Å². The molecule has 2 heterocycles. The van der Waals surface area contributed by atoms with Gasteiger partial charge in [0.15, 0.2) is 11.5 Å². The highest BCUT2D eigenvalue weighted by Crippen LogP contribution is 2.35. The lowest BCUT2D eigenvalue weighted by Crippen LogP contribution is -2.48. The number of nitrogens with zero attached hydrogens (tertiary/aromatic N) is 4. The lowest BCUT2D eigenvalue weighted by Gasteiger charge is -2.34. The molecule has 3 rings (SSSR count). The maximum Gasteiger partial charge on any atom is 0.286 e. The molecule has 1 saturated heterocycles. The molecule has 1 amide bonds. The number of carbonyl (C=O) groups excluding carboxylic acids is 1. The molecule has 10 heteroatoms. The number of rotatable bonds is 6. The van der Waals surface area contributed by atoms with Crippen molar-refractivity contribution in [2.75, 3.05) is 40.4 Å². The quantitative estimate of drug-likeness (QED) is 0.536. The molecule has 2 aromatic rings. The number of benzene rings is 1. The minimum atomic E-state index is -0.573. The monoisotopic (exact) mass is 406 g/mol. The maximum atomic E-state index is 13.0. The Morgan fingerprint density at radius 2 is 1.86 bits per heavy atom. The van der Waals surface area contributed by atoms with Gasteiger partial charge in [0.2, 0.25) is 0 Å². The van der Waals surface area contributed by atoms with Crippen LogP contribution in [0.25, 0.3) is 0 Å². The lowest BCUT2D eigenvalue weighted by molar-refractivity contribution is -0.385. The molecule has 0 unspecified atom stereocenters. The van der Waals surface area contributed by atoms with Gasteiger partial charge in [0.05, 0.1) is 31.8 Å². The van der Waals surface area contributed by atoms with Crippen LogP contribution in [0.2, 0.25) is 0 Å². The summed E-state index contributed by atoms with van der Waals surface area (Å²) in [6.45, 7) is 5.07. The largest absolute Gasteiger partial charge is 0.493 e. The molecule has 0 bridgehead atoms. The van der Waals surface area contributed by atoms with Gasteiger partial charge in [-0.2, -0.15) is 0 Å². The highest BCUT2D eigenvalue weighted by molar-refractivity contribution is 7.09. The summed E-state index contributed by atoms with van der Waals surface area (Å²) in [6.07, 6.45) is 0. The second kappa shape index (κ2) is 8.53. The van der Waals surface area contributed by atoms with Crippen LogP contribution in [0.5, 0.6) is 11.5 Å². The van der Waals surface area contributed by atoms with Crippen LogP contribution in [0.1, 0.15) is 21.1 Å². The topological polar surface area (TPSA) is 98.0 Å². The smallest absolute Gasteiger partial charge is 0.286 e. The minimum absolute atomic E-state index is 0.00616. The first-order valence-electron chi connectivity index (χ1n) is 8.76. The predicted octanol–water partition coefficient (Wildman–Crippen LogP) is 2.33. The van der Waals surface area contributed by atoms with Crippen LogP contribution >= 0.6 is 11.3 Å². The number of carbonyl (C=O) groups is 1. The zero-order valence-electron chi connectivity index (χ0n) is 16.0. The molecule has 0 aliphatic carbocycles. The summed E-state index contributed by atoms with van der Waals surface area (Å²) in [4.78, 5) is 32.2. The molecule has 0 saturated carbocycles. The first-order chi connectivity index (χ1) is 13.4. The summed E-state index contributed by atoms with van der Waals surface area (Å²) in [6, 6.07) is 2.61. The molecule has 28 heavy (non-hydrogen) atoms. The van der Waals surface area contributed by atoms with Gasteiger partial charge in [-0.25, -0.2) is 4.98 Å². The highest BCUT2D eigenvalue weighted by atomic mass is 32.1. The van der Waals surface area contributed by atoms with E-state index in [1.54, 1.807) is 16.2 Å². The SMILES string of the molecule is COc1cc(C(=O)N2CCN(Cc3nc(C)cs3)CC2)c([N+](=O)[O-])cc1OC. The Bertz CT molecular complexity index is 877. The van der Waals surface area contributed by atoms with Crippen molar-refractivity contribution in [3.63, 3.8) is 0 Å². The molecule has 1 aliphatic rings. The van der Waals surface area contributed by atoms with E-state index in [1.165, 1.54) is 26.4 Å². The number of aryl methyl sites for hydroxylation is 1. The number of hydrogen-bond donors (Lipinski definition) is 0. The van der Waals surface area contributed by atoms with Gasteiger partial charge in [0.1, 0.15) is 10.6 Å². The molecule has 1 aliphatic heterocycles. The van der Waals surface area contributed by atoms with Gasteiger partial charge in [-0.15, -0.1) is 11.3 Å². The fraction of sp³-hybridized carbons (Fsp3) is 0.444. The Morgan fingerprint density at radius 1 is 1.21 bits per heavy atom. The number of hydrogen-bond acceptors (Lipinski definition) is 8. The van der Waals surface area contributed by atoms with Gasteiger partial charge in [-0.1, -0.05) is 0 Å². The van der Waals surface area contributed by atoms with E-state index in [2.05, 4.69) is 9.88 Å². The van der Waals surface area contributed by atoms with E-state index >= 15 is 0 Å². The van der Waals surface area contributed by atoms with Gasteiger partial charge in [-0.05, 0) is 6.92 Å². The van der Waals surface area contributed by atoms with E-state index in [1.807, 2.05) is 12.3 Å². The molecule has 1 aromatic heterocycles. The molecular weight excluding hydrogens is 384 g/mol. The summed E-state index contributed by atoms with van der Waals surface area (Å²) in [5, 5.41) is 14.5. The van der Waals surface area contributed by atoms with Crippen LogP contribution in [0.15, 0.2) is 17.5 Å². The predicted molar refractivity (Wildman–Crippen MR) is 104 cm³/mol. The number of piperazine rings is 1. The van der Waals surface area contributed by atoms with E-state index in [0.29, 0.717) is 26.2 Å². The molecule has 150 valence electrons. The number of ether oxygens (including phenoxy) is 2. The zero-order valence-corrected chi connectivity index (χ0v) is 16.8. The lowest BCUT2D eigenvalue weighted by atomic mass is 10.1. The van der Waals surface area contributed by atoms with Crippen LogP contribution < -0.4 is 9.47 Å². The summed E-state index contributed by atoms with van der Waals surface area (Å²) in [5.74, 6) is 0.126. The first-order valence-corrected chi connectivity index (χ1v) is 9.64. The van der Waals surface area contributed by atoms with Crippen LogP contribution in [-0.2, 0) is 6.54 Å². The summed E-state index contributed by atoms with van der Waals surface area (Å²) in [5.41, 5.74) is 0.726. The summed E-state index contributed by atoms with van der Waals surface area (Å²) in [7, 11) is 2.82. The van der Waals surface area contributed by atoms with Crippen molar-refractivity contribution >= 4 is 22.9 Å². The maximum absolute atomic E-state index is 13.0. The van der Waals surface area contributed by atoms with E-state index in [0.717, 1.165) is 17.2 Å². The van der Waals surface area contributed by atoms with Crippen LogP contribution in [0, 0.1) is 17.0 Å². The third kappa shape index (κ3) is 4.23. The van der Waals surface area contributed by atoms with Crippen LogP contribution in [0.4, 0.5) is 5.69 Å². The van der Waals surface area contributed by atoms with Crippen molar-refractivity contribution in [3.8, 4) is 11.5 Å². The molecular formula is C18H22N4O5S. The van der Waals surface area contributed by atoms with Crippen molar-refractivity contribution < 1.29 is 19.2 Å². The Balaban J connectivity index is 1.73. The van der Waals surface area contributed by atoms with Gasteiger partial charge in [0, 0.05) is 43.3 Å². The normalized spacial score (nSPS) is 14.8. The molecule has 0 radical (unpaired) electrons. The van der Waals surface area contributed by atoms with Crippen molar-refractivity contribution in [1.29, 1.82) is 0 Å². The number of amides is 1. The van der Waals surface area contributed by atoms with E-state index in [9.17, 15) is 14.9 Å². The number of nitro benzene ring substituents is 1. The van der Waals surface area contributed by atoms with Crippen LogP contribution in [-0.4, -0.2) is 66.0 Å². The molecule has 0 spiro atoms. The fourth-order valence-electron chi connectivity index (χ4n) is 3.14. The minimum Gasteiger partial charge on any atom is -0.493 e. The molecule has 1 aromatic carbocycles. The number of methoxy groups -OCH3 is 2. The van der Waals surface area contributed by atoms with Crippen molar-refractivity contribution in [3.05, 3.63) is 43.9 Å². The second-order valence-electron chi connectivity index (χ2n) is 6.43. The number of aromatic nitrogens is 1. The third-order valence-corrected chi connectivity index (χ3v) is 5.57. The Labute approximate surface area is 166 Å². The Morgan fingerprint density at radius 3 is 2.39 bits per heavy atom. The van der Waals surface area contributed by atoms with Gasteiger partial charge in [0.25, 0.3) is 11.6 Å². The highest BCUT2D eigenvalue weighted by Gasteiger charge is 2.30. The second-order valence-corrected chi connectivity index (χ2v) is 7.38. The van der Waals surface area contributed by atoms with E-state index in [4.69, 9.17) is 9.47 Å². The molecule has 0 N–H and O–H groups in total. The van der Waals surface area contributed by atoms with Crippen molar-refractivity contribution in [2.24, 2.45) is 0 Å². The Hall–Kier alpha value is -2.72. The number of thiazole rings is 1. The summed E-state index contributed by atoms with van der Waals surface area (Å²) >= 11 is 1.63. The average Bonchev–Trinajstić information content (AvgIpc) is 3.11. The van der Waals surface area contributed by atoms with E-state index < -0.39 is 4.92 Å². The zero-order chi connectivity index (χ0) is 20.3. The molecule has 9 nitrogen and oxygen atoms in total. The Kier molecular flexibility index (Phi) is 6.10. The van der Waals surface area contributed by atoms with Crippen molar-refractivity contribution in [1.82, 2.24) is 14.8 Å². The fourth-order valence-corrected chi connectivity index (χ4v) is 3.95.